The van der Waals surface area contributed by atoms with E-state index in [9.17, 15) is 0 Å². The van der Waals surface area contributed by atoms with E-state index in [1.807, 2.05) is 0 Å². The lowest BCUT2D eigenvalue weighted by Gasteiger charge is -2.64. The lowest BCUT2D eigenvalue weighted by molar-refractivity contribution is 3.21. The minimum Gasteiger partial charge on any atom is -0.253 e. The molecule has 0 aliphatic carbocycles. The van der Waals surface area contributed by atoms with Gasteiger partial charge < -0.3 is 0 Å². The van der Waals surface area contributed by atoms with E-state index in [0.29, 0.717) is 0 Å². The van der Waals surface area contributed by atoms with Gasteiger partial charge in [0.25, 0.3) is 0 Å². The van der Waals surface area contributed by atoms with Gasteiger partial charge in [0.1, 0.15) is 0 Å². The van der Waals surface area contributed by atoms with Crippen LogP contribution in [-0.2, 0) is 0 Å². The quantitative estimate of drug-likeness (QED) is 0.0422. The zero-order chi connectivity index (χ0) is 71.4. The topological polar surface area (TPSA) is 0 Å². The van der Waals surface area contributed by atoms with Gasteiger partial charge in [0, 0.05) is 611 Å². The Morgan fingerprint density at radius 3 is 0.233 bits per heavy atom. The molecule has 0 atom stereocenters. The van der Waals surface area contributed by atoms with Gasteiger partial charge in [-0.3, -0.25) is 7.56 Å². The first-order valence-corrected chi connectivity index (χ1v) is 31.0. The standard InChI is InChI=1S/B89P/c1-47(2)70(48(3)4)81(69(45)46)87(82(71(49(5)6)50(7)8)72(51(9)10)52(11)12)90(88(83(73(53(13)14)54(15)16)74(55(17)18)56(19)20)84(75(57(21)22)58(23)24)76(59(25)26)60(27)28)89(85(77(61(29)30)62(31)32)78(63(33)34)64(35)36)86(79(65(37)38)66(39)40)80(67(41)42)68(43)44. The first-order chi connectivity index (χ1) is 40.9. The Bertz CT molecular complexity index is 1450. The van der Waals surface area contributed by atoms with Crippen LogP contribution in [-0.4, -0.2) is 630 Å². The van der Waals surface area contributed by atoms with Crippen molar-refractivity contribution in [1.29, 1.82) is 0 Å². The molecule has 0 aliphatic rings. The van der Waals surface area contributed by atoms with Crippen LogP contribution in [0.15, 0.2) is 0 Å². The summed E-state index contributed by atoms with van der Waals surface area (Å²) in [5, 5.41) is 0. The summed E-state index contributed by atoms with van der Waals surface area (Å²) < 4.78 is 0. The van der Waals surface area contributed by atoms with Gasteiger partial charge in [0.05, 0.1) is 18.6 Å². The van der Waals surface area contributed by atoms with Crippen LogP contribution in [0.25, 0.3) is 0 Å². The van der Waals surface area contributed by atoms with Crippen molar-refractivity contribution < 1.29 is 0 Å². The third-order valence-electron chi connectivity index (χ3n) is 18.5. The zero-order valence-electron chi connectivity index (χ0n) is 51.8. The highest BCUT2D eigenvalue weighted by Gasteiger charge is 2.67. The third kappa shape index (κ3) is 25.8. The van der Waals surface area contributed by atoms with E-state index in [1.165, 1.54) is 0 Å². The van der Waals surface area contributed by atoms with Crippen molar-refractivity contribution >= 4 is 638 Å². The molecule has 0 rings (SSSR count). The Hall–Kier alpha value is 6.21. The summed E-state index contributed by atoms with van der Waals surface area (Å²) in [6.45, 7) is 0. The largest absolute Gasteiger partial charge is 0.253 e. The van der Waals surface area contributed by atoms with E-state index in [2.05, 4.69) is 0 Å². The van der Waals surface area contributed by atoms with E-state index in [1.54, 1.807) is 0 Å². The van der Waals surface area contributed by atoms with E-state index < -0.39 is 282 Å². The third-order valence-corrected chi connectivity index (χ3v) is 22.6. The van der Waals surface area contributed by atoms with Crippen LogP contribution in [0.5, 0.6) is 0 Å². The molecule has 92 radical (unpaired) electrons. The lowest BCUT2D eigenvalue weighted by Crippen LogP contribution is -2.92. The molecule has 0 saturated heterocycles. The number of hydrogen-bond donors (Lipinski definition) is 0. The van der Waals surface area contributed by atoms with Gasteiger partial charge in [-0.15, -0.1) is 0 Å². The van der Waals surface area contributed by atoms with Crippen molar-refractivity contribution in [1.82, 2.24) is 0 Å². The molecule has 0 amide bonds. The monoisotopic (exact) mass is 1010 g/mol. The predicted octanol–water partition coefficient (Wildman–Crippen LogP) is -33.0. The fourth-order valence-corrected chi connectivity index (χ4v) is 21.3. The average Bonchev–Trinajstić information content (AvgIpc) is 3.30. The predicted molar refractivity (Wildman–Crippen MR) is 519 cm³/mol. The summed E-state index contributed by atoms with van der Waals surface area (Å²) in [7, 11) is 319. The molecule has 90 heteroatoms. The molecule has 0 N–H and O–H groups in total. The molecule has 0 saturated carbocycles. The van der Waals surface area contributed by atoms with Crippen molar-refractivity contribution in [2.45, 2.75) is 0 Å². The van der Waals surface area contributed by atoms with Crippen LogP contribution in [0.4, 0.5) is 0 Å². The number of rotatable bonds is 43. The van der Waals surface area contributed by atoms with Crippen LogP contribution in [0.2, 0.25) is 0 Å². The van der Waals surface area contributed by atoms with Crippen LogP contribution in [0.3, 0.4) is 0 Å². The number of hydrogen-bond acceptors (Lipinski definition) is 0. The van der Waals surface area contributed by atoms with Crippen molar-refractivity contribution in [3.05, 3.63) is 0 Å². The van der Waals surface area contributed by atoms with Crippen molar-refractivity contribution in [2.24, 2.45) is 0 Å². The average molecular weight is 993 g/mol. The molecule has 0 nitrogen and oxygen atoms in total. The molecule has 0 bridgehead atoms. The maximum Gasteiger partial charge on any atom is 0.0527 e. The SMILES string of the molecule is [B]B([B])B(B([B])[B])B(B([B])[B])B(B(B(B([B])[B])B([B])[B])B(B([B])[B])B([B])[B])P(B(B(B(B([B])[B])B([B])[B])B(B([B])[B])B([B])[B])B(B(B([B])[B])B([B])[B])B(B([B])[B])B([B])[B])B(B(B(B([B])[B])B([B])[B])B(B([B])[B])B([B])[B])B(B(B([B])[B])B([B])[B])B(B([B])[B])B([B])[B]. The van der Waals surface area contributed by atoms with Crippen LogP contribution in [0, 0.1) is 0 Å². The van der Waals surface area contributed by atoms with Crippen molar-refractivity contribution in [3.63, 3.8) is 0 Å². The molecule has 0 aromatic rings. The van der Waals surface area contributed by atoms with Crippen LogP contribution in [0.1, 0.15) is 0 Å². The van der Waals surface area contributed by atoms with Gasteiger partial charge in [-0.05, 0) is 0 Å². The van der Waals surface area contributed by atoms with Gasteiger partial charge >= 0.3 is 0 Å². The highest BCUT2D eigenvalue weighted by Crippen LogP contribution is 2.53. The molecule has 0 spiro atoms. The molecular formula is B89P. The van der Waals surface area contributed by atoms with Crippen molar-refractivity contribution in [3.8, 4) is 0 Å². The van der Waals surface area contributed by atoms with Crippen molar-refractivity contribution in [2.75, 3.05) is 0 Å². The maximum atomic E-state index is 7.33. The first-order valence-electron chi connectivity index (χ1n) is 29.4. The first kappa shape index (κ1) is 96.2. The highest BCUT2D eigenvalue weighted by atomic mass is 31.1. The second-order valence-electron chi connectivity index (χ2n) is 25.0. The van der Waals surface area contributed by atoms with E-state index in [0.717, 1.165) is 0 Å². The fraction of sp³-hybridized carbons (Fsp3) is 0. The highest BCUT2D eigenvalue weighted by molar-refractivity contribution is 8.64. The van der Waals surface area contributed by atoms with E-state index in [4.69, 9.17) is 356 Å². The fourth-order valence-electron chi connectivity index (χ4n) is 15.3. The molecule has 90 heavy (non-hydrogen) atoms. The molecule has 0 aromatic carbocycles. The Balaban J connectivity index is 13.7. The second kappa shape index (κ2) is 44.2. The van der Waals surface area contributed by atoms with E-state index >= 15 is 0 Å². The maximum absolute atomic E-state index is 7.33. The van der Waals surface area contributed by atoms with Crippen LogP contribution < -0.4 is 0 Å². The Labute approximate surface area is 631 Å². The van der Waals surface area contributed by atoms with Crippen LogP contribution >= 0.6 is 7.56 Å². The minimum absolute atomic E-state index is 1.66. The van der Waals surface area contributed by atoms with Gasteiger partial charge in [-0.25, -0.2) is 0 Å². The Morgan fingerprint density at radius 2 is 0.156 bits per heavy atom. The Kier molecular flexibility index (Phi) is 47.3. The minimum atomic E-state index is -3.53. The molecule has 0 unspecified atom stereocenters. The molecule has 0 fully saturated rings. The van der Waals surface area contributed by atoms with Gasteiger partial charge in [-0.2, -0.15) is 0 Å². The molecule has 0 aliphatic heterocycles. The van der Waals surface area contributed by atoms with E-state index in [-0.39, 0.29) is 0 Å². The lowest BCUT2D eigenvalue weighted by atomic mass is 8.36. The normalized spacial score (nSPS) is 9.92. The van der Waals surface area contributed by atoms with Gasteiger partial charge in [0.2, 0.25) is 0 Å². The zero-order valence-corrected chi connectivity index (χ0v) is 52.7. The summed E-state index contributed by atoms with van der Waals surface area (Å²) in [5.74, 6) is 0. The Morgan fingerprint density at radius 1 is 0.0889 bits per heavy atom. The summed E-state index contributed by atoms with van der Waals surface area (Å²) in [6, 6.07) is 0. The summed E-state index contributed by atoms with van der Waals surface area (Å²) in [6.07, 6.45) is -76.1. The smallest absolute Gasteiger partial charge is 0.0527 e. The molecule has 0 heterocycles. The molecule has 272 valence electrons. The van der Waals surface area contributed by atoms with Gasteiger partial charge in [-0.1, -0.05) is 0 Å². The summed E-state index contributed by atoms with van der Waals surface area (Å²) in [4.78, 5) is 0. The molecular weight excluding hydrogens is 993 g/mol. The van der Waals surface area contributed by atoms with Gasteiger partial charge in [0.15, 0.2) is 0 Å². The summed E-state index contributed by atoms with van der Waals surface area (Å²) >= 11 is 0. The molecule has 0 aromatic heterocycles. The summed E-state index contributed by atoms with van der Waals surface area (Å²) in [5.41, 5.74) is 0. The second-order valence-corrected chi connectivity index (χ2v) is 27.7.